The van der Waals surface area contributed by atoms with Crippen LogP contribution in [0.2, 0.25) is 0 Å². The number of amides is 1. The first-order chi connectivity index (χ1) is 16.4. The zero-order chi connectivity index (χ0) is 25.4. The fourth-order valence-electron chi connectivity index (χ4n) is 5.59. The number of hydrogen-bond acceptors (Lipinski definition) is 4. The molecule has 1 aromatic carbocycles. The SMILES string of the molecule is Cc1ccc(CN2CCCC23CCN(C(=O)OC(C)C(F)(F)F)CC3)c(N2CCC(F)(F)CC2)c1. The summed E-state index contributed by atoms with van der Waals surface area (Å²) in [5, 5.41) is 0. The number of aryl methyl sites for hydroxylation is 1. The molecule has 1 amide bonds. The molecule has 3 aliphatic heterocycles. The van der Waals surface area contributed by atoms with E-state index < -0.39 is 24.3 Å². The third-order valence-corrected chi connectivity index (χ3v) is 7.87. The number of halogens is 5. The standard InChI is InChI=1S/C25H34F5N3O2/c1-18-4-5-20(21(16-18)31-14-9-24(26,27)10-15-31)17-33-11-3-6-23(33)7-12-32(13-8-23)22(34)35-19(2)25(28,29)30/h4-5,16,19H,3,6-15,17H2,1-2H3. The first kappa shape index (κ1) is 26.0. The highest BCUT2D eigenvalue weighted by molar-refractivity contribution is 5.68. The van der Waals surface area contributed by atoms with Crippen LogP contribution in [0.4, 0.5) is 32.4 Å². The van der Waals surface area contributed by atoms with Crippen LogP contribution in [-0.4, -0.2) is 72.4 Å². The predicted molar refractivity (Wildman–Crippen MR) is 123 cm³/mol. The van der Waals surface area contributed by atoms with Gasteiger partial charge in [-0.25, -0.2) is 13.6 Å². The molecule has 3 saturated heterocycles. The van der Waals surface area contributed by atoms with E-state index in [4.69, 9.17) is 0 Å². The largest absolute Gasteiger partial charge is 0.437 e. The zero-order valence-corrected chi connectivity index (χ0v) is 20.3. The smallest absolute Gasteiger partial charge is 0.425 e. The topological polar surface area (TPSA) is 36.0 Å². The summed E-state index contributed by atoms with van der Waals surface area (Å²) < 4.78 is 70.4. The van der Waals surface area contributed by atoms with Crippen molar-refractivity contribution in [2.24, 2.45) is 0 Å². The molecule has 35 heavy (non-hydrogen) atoms. The van der Waals surface area contributed by atoms with Gasteiger partial charge >= 0.3 is 12.3 Å². The highest BCUT2D eigenvalue weighted by Crippen LogP contribution is 2.41. The minimum absolute atomic E-state index is 0.122. The fraction of sp³-hybridized carbons (Fsp3) is 0.720. The first-order valence-electron chi connectivity index (χ1n) is 12.4. The molecule has 196 valence electrons. The van der Waals surface area contributed by atoms with Crippen molar-refractivity contribution >= 4 is 11.8 Å². The van der Waals surface area contributed by atoms with E-state index in [9.17, 15) is 26.7 Å². The minimum Gasteiger partial charge on any atom is -0.437 e. The van der Waals surface area contributed by atoms with Crippen LogP contribution < -0.4 is 4.90 Å². The van der Waals surface area contributed by atoms with Gasteiger partial charge < -0.3 is 14.5 Å². The van der Waals surface area contributed by atoms with Crippen molar-refractivity contribution < 1.29 is 31.5 Å². The third kappa shape index (κ3) is 5.84. The summed E-state index contributed by atoms with van der Waals surface area (Å²) in [5.74, 6) is -2.60. The number of anilines is 1. The Morgan fingerprint density at radius 2 is 1.69 bits per heavy atom. The summed E-state index contributed by atoms with van der Waals surface area (Å²) in [6.45, 7) is 5.75. The van der Waals surface area contributed by atoms with Crippen molar-refractivity contribution in [1.82, 2.24) is 9.80 Å². The summed E-state index contributed by atoms with van der Waals surface area (Å²) in [5.41, 5.74) is 3.06. The second-order valence-electron chi connectivity index (χ2n) is 10.3. The number of benzene rings is 1. The Morgan fingerprint density at radius 1 is 1.03 bits per heavy atom. The van der Waals surface area contributed by atoms with Crippen LogP contribution >= 0.6 is 0 Å². The monoisotopic (exact) mass is 503 g/mol. The molecule has 1 spiro atoms. The third-order valence-electron chi connectivity index (χ3n) is 7.87. The van der Waals surface area contributed by atoms with Crippen LogP contribution in [-0.2, 0) is 11.3 Å². The summed E-state index contributed by atoms with van der Waals surface area (Å²) >= 11 is 0. The Balaban J connectivity index is 1.42. The summed E-state index contributed by atoms with van der Waals surface area (Å²) in [6, 6.07) is 6.19. The van der Waals surface area contributed by atoms with Crippen molar-refractivity contribution in [2.45, 2.75) is 82.7 Å². The molecule has 3 fully saturated rings. The van der Waals surface area contributed by atoms with Crippen molar-refractivity contribution in [3.63, 3.8) is 0 Å². The van der Waals surface area contributed by atoms with E-state index >= 15 is 0 Å². The number of alkyl halides is 5. The number of carbonyl (C=O) groups is 1. The van der Waals surface area contributed by atoms with Gasteiger partial charge in [0.15, 0.2) is 6.10 Å². The highest BCUT2D eigenvalue weighted by atomic mass is 19.4. The molecule has 3 aliphatic rings. The van der Waals surface area contributed by atoms with E-state index in [0.29, 0.717) is 45.6 Å². The van der Waals surface area contributed by atoms with Crippen molar-refractivity contribution in [3.05, 3.63) is 29.3 Å². The molecule has 1 unspecified atom stereocenters. The van der Waals surface area contributed by atoms with E-state index in [1.165, 1.54) is 4.90 Å². The van der Waals surface area contributed by atoms with Crippen LogP contribution in [0.3, 0.4) is 0 Å². The molecule has 0 radical (unpaired) electrons. The number of hydrogen-bond donors (Lipinski definition) is 0. The lowest BCUT2D eigenvalue weighted by Crippen LogP contribution is -2.53. The molecular formula is C25H34F5N3O2. The average Bonchev–Trinajstić information content (AvgIpc) is 3.16. The van der Waals surface area contributed by atoms with E-state index in [1.54, 1.807) is 0 Å². The predicted octanol–water partition coefficient (Wildman–Crippen LogP) is 5.75. The van der Waals surface area contributed by atoms with Crippen molar-refractivity contribution in [1.29, 1.82) is 0 Å². The molecule has 0 N–H and O–H groups in total. The molecule has 10 heteroatoms. The van der Waals surface area contributed by atoms with Gasteiger partial charge in [-0.2, -0.15) is 13.2 Å². The van der Waals surface area contributed by atoms with Crippen LogP contribution in [0.15, 0.2) is 18.2 Å². The maximum atomic E-state index is 13.7. The number of ether oxygens (including phenoxy) is 1. The van der Waals surface area contributed by atoms with E-state index in [2.05, 4.69) is 26.7 Å². The second-order valence-corrected chi connectivity index (χ2v) is 10.3. The van der Waals surface area contributed by atoms with Gasteiger partial charge in [0.1, 0.15) is 0 Å². The van der Waals surface area contributed by atoms with Crippen LogP contribution in [0.5, 0.6) is 0 Å². The first-order valence-corrected chi connectivity index (χ1v) is 12.4. The number of rotatable bonds is 4. The maximum Gasteiger partial charge on any atom is 0.425 e. The minimum atomic E-state index is -4.58. The molecule has 3 heterocycles. The summed E-state index contributed by atoms with van der Waals surface area (Å²) in [4.78, 5) is 18.1. The lowest BCUT2D eigenvalue weighted by Gasteiger charge is -2.45. The molecule has 0 bridgehead atoms. The van der Waals surface area contributed by atoms with Crippen LogP contribution in [0.1, 0.15) is 56.6 Å². The number of carbonyl (C=O) groups excluding carboxylic acids is 1. The zero-order valence-electron chi connectivity index (χ0n) is 20.3. The van der Waals surface area contributed by atoms with Gasteiger partial charge in [0.05, 0.1) is 0 Å². The molecule has 1 atom stereocenters. The van der Waals surface area contributed by atoms with Gasteiger partial charge in [-0.15, -0.1) is 0 Å². The van der Waals surface area contributed by atoms with Gasteiger partial charge in [0.25, 0.3) is 5.92 Å². The Bertz CT molecular complexity index is 905. The Morgan fingerprint density at radius 3 is 2.31 bits per heavy atom. The number of nitrogens with zero attached hydrogens (tertiary/aromatic N) is 3. The van der Waals surface area contributed by atoms with Gasteiger partial charge in [-0.05, 0) is 63.3 Å². The van der Waals surface area contributed by atoms with E-state index in [-0.39, 0.29) is 18.4 Å². The molecule has 4 rings (SSSR count). The van der Waals surface area contributed by atoms with E-state index in [0.717, 1.165) is 43.1 Å². The Kier molecular flexibility index (Phi) is 7.23. The van der Waals surface area contributed by atoms with Gasteiger partial charge in [-0.3, -0.25) is 4.90 Å². The van der Waals surface area contributed by atoms with Gasteiger partial charge in [0, 0.05) is 56.8 Å². The Labute approximate surface area is 203 Å². The van der Waals surface area contributed by atoms with E-state index in [1.807, 2.05) is 13.0 Å². The van der Waals surface area contributed by atoms with Crippen molar-refractivity contribution in [3.8, 4) is 0 Å². The summed E-state index contributed by atoms with van der Waals surface area (Å²) in [7, 11) is 0. The summed E-state index contributed by atoms with van der Waals surface area (Å²) in [6.07, 6.45) is -4.62. The molecule has 1 aromatic rings. The maximum absolute atomic E-state index is 13.7. The number of piperidine rings is 2. The Hall–Kier alpha value is -2.10. The quantitative estimate of drug-likeness (QED) is 0.491. The molecule has 0 aromatic heterocycles. The molecule has 0 saturated carbocycles. The lowest BCUT2D eigenvalue weighted by atomic mass is 9.84. The lowest BCUT2D eigenvalue weighted by molar-refractivity contribution is -0.200. The second kappa shape index (κ2) is 9.75. The molecule has 5 nitrogen and oxygen atoms in total. The molecule has 0 aliphatic carbocycles. The highest BCUT2D eigenvalue weighted by Gasteiger charge is 2.45. The van der Waals surface area contributed by atoms with Crippen LogP contribution in [0.25, 0.3) is 0 Å². The van der Waals surface area contributed by atoms with Gasteiger partial charge in [-0.1, -0.05) is 12.1 Å². The molecular weight excluding hydrogens is 469 g/mol. The normalized spacial score (nSPS) is 23.5. The van der Waals surface area contributed by atoms with Crippen LogP contribution in [0, 0.1) is 6.92 Å². The fourth-order valence-corrected chi connectivity index (χ4v) is 5.59. The van der Waals surface area contributed by atoms with Gasteiger partial charge in [0.2, 0.25) is 0 Å². The average molecular weight is 504 g/mol. The number of likely N-dealkylation sites (tertiary alicyclic amines) is 2. The van der Waals surface area contributed by atoms with Crippen molar-refractivity contribution in [2.75, 3.05) is 37.6 Å².